The summed E-state index contributed by atoms with van der Waals surface area (Å²) in [7, 11) is 0. The van der Waals surface area contributed by atoms with Crippen LogP contribution in [0.1, 0.15) is 19.7 Å². The summed E-state index contributed by atoms with van der Waals surface area (Å²) in [4.78, 5) is 7.90. The maximum absolute atomic E-state index is 4.55. The summed E-state index contributed by atoms with van der Waals surface area (Å²) in [6.07, 6.45) is 0.943. The van der Waals surface area contributed by atoms with Crippen LogP contribution in [0.2, 0.25) is 0 Å². The molecule has 0 radical (unpaired) electrons. The number of nitrogens with one attached hydrogen (secondary N) is 2. The minimum atomic E-state index is 0.696. The van der Waals surface area contributed by atoms with E-state index in [1.165, 1.54) is 0 Å². The van der Waals surface area contributed by atoms with E-state index in [9.17, 15) is 0 Å². The van der Waals surface area contributed by atoms with E-state index in [4.69, 9.17) is 0 Å². The molecule has 1 aromatic heterocycles. The zero-order valence-electron chi connectivity index (χ0n) is 10.3. The van der Waals surface area contributed by atoms with Gasteiger partial charge in [0, 0.05) is 17.4 Å². The lowest BCUT2D eigenvalue weighted by Crippen LogP contribution is -2.22. The van der Waals surface area contributed by atoms with Gasteiger partial charge in [0.1, 0.15) is 5.82 Å². The van der Waals surface area contributed by atoms with E-state index in [2.05, 4.69) is 51.1 Å². The highest BCUT2D eigenvalue weighted by Crippen LogP contribution is 2.17. The molecule has 2 rings (SSSR count). The topological polar surface area (TPSA) is 40.7 Å². The van der Waals surface area contributed by atoms with Gasteiger partial charge in [0.25, 0.3) is 0 Å². The minimum absolute atomic E-state index is 0.696. The summed E-state index contributed by atoms with van der Waals surface area (Å²) in [6.45, 7) is 6.46. The number of aromatic amines is 1. The van der Waals surface area contributed by atoms with Crippen LogP contribution in [0.15, 0.2) is 22.7 Å². The Morgan fingerprint density at radius 3 is 3.00 bits per heavy atom. The average molecular weight is 296 g/mol. The number of H-pyrrole nitrogens is 1. The highest BCUT2D eigenvalue weighted by molar-refractivity contribution is 9.10. The fourth-order valence-electron chi connectivity index (χ4n) is 1.75. The maximum atomic E-state index is 4.55. The first-order valence-electron chi connectivity index (χ1n) is 6.00. The molecule has 0 aliphatic rings. The maximum Gasteiger partial charge on any atom is 0.108 e. The van der Waals surface area contributed by atoms with Gasteiger partial charge in [-0.3, -0.25) is 0 Å². The highest BCUT2D eigenvalue weighted by Gasteiger charge is 2.02. The minimum Gasteiger partial charge on any atom is -0.342 e. The van der Waals surface area contributed by atoms with Crippen LogP contribution >= 0.6 is 15.9 Å². The van der Waals surface area contributed by atoms with Crippen LogP contribution in [-0.2, 0) is 6.42 Å². The molecule has 0 aliphatic heterocycles. The summed E-state index contributed by atoms with van der Waals surface area (Å²) in [6, 6.07) is 6.11. The van der Waals surface area contributed by atoms with Gasteiger partial charge in [-0.05, 0) is 30.7 Å². The highest BCUT2D eigenvalue weighted by atomic mass is 79.9. The second kappa shape index (κ2) is 5.65. The number of imidazole rings is 1. The molecule has 2 aromatic rings. The number of hydrogen-bond acceptors (Lipinski definition) is 2. The molecule has 2 N–H and O–H groups in total. The first-order chi connectivity index (χ1) is 8.15. The SMILES string of the molecule is CC(C)CNCCc1nc2ccc(Br)cc2[nH]1. The molecule has 0 saturated carbocycles. The van der Waals surface area contributed by atoms with Gasteiger partial charge >= 0.3 is 0 Å². The fourth-order valence-corrected chi connectivity index (χ4v) is 2.11. The Morgan fingerprint density at radius 1 is 1.41 bits per heavy atom. The third-order valence-corrected chi connectivity index (χ3v) is 3.08. The van der Waals surface area contributed by atoms with Crippen molar-refractivity contribution in [2.75, 3.05) is 13.1 Å². The lowest BCUT2D eigenvalue weighted by Gasteiger charge is -2.05. The molecular weight excluding hydrogens is 278 g/mol. The number of hydrogen-bond donors (Lipinski definition) is 2. The first kappa shape index (κ1) is 12.6. The van der Waals surface area contributed by atoms with Crippen molar-refractivity contribution in [1.29, 1.82) is 0 Å². The van der Waals surface area contributed by atoms with Gasteiger partial charge in [-0.2, -0.15) is 0 Å². The van der Waals surface area contributed by atoms with Crippen molar-refractivity contribution in [1.82, 2.24) is 15.3 Å². The van der Waals surface area contributed by atoms with Crippen molar-refractivity contribution in [3.05, 3.63) is 28.5 Å². The first-order valence-corrected chi connectivity index (χ1v) is 6.79. The zero-order chi connectivity index (χ0) is 12.3. The molecular formula is C13H18BrN3. The Bertz CT molecular complexity index is 490. The van der Waals surface area contributed by atoms with Crippen LogP contribution in [0, 0.1) is 5.92 Å². The van der Waals surface area contributed by atoms with Gasteiger partial charge in [0.15, 0.2) is 0 Å². The van der Waals surface area contributed by atoms with Crippen molar-refractivity contribution in [3.63, 3.8) is 0 Å². The molecule has 17 heavy (non-hydrogen) atoms. The van der Waals surface area contributed by atoms with Crippen molar-refractivity contribution in [2.45, 2.75) is 20.3 Å². The predicted octanol–water partition coefficient (Wildman–Crippen LogP) is 3.11. The van der Waals surface area contributed by atoms with E-state index in [-0.39, 0.29) is 0 Å². The third-order valence-electron chi connectivity index (χ3n) is 2.58. The lowest BCUT2D eigenvalue weighted by molar-refractivity contribution is 0.551. The quantitative estimate of drug-likeness (QED) is 0.832. The van der Waals surface area contributed by atoms with Crippen molar-refractivity contribution in [2.24, 2.45) is 5.92 Å². The number of aromatic nitrogens is 2. The van der Waals surface area contributed by atoms with Crippen molar-refractivity contribution < 1.29 is 0 Å². The lowest BCUT2D eigenvalue weighted by atomic mass is 10.2. The Morgan fingerprint density at radius 2 is 2.24 bits per heavy atom. The Balaban J connectivity index is 1.95. The van der Waals surface area contributed by atoms with Crippen LogP contribution in [-0.4, -0.2) is 23.1 Å². The molecule has 92 valence electrons. The zero-order valence-corrected chi connectivity index (χ0v) is 11.8. The number of fused-ring (bicyclic) bond motifs is 1. The van der Waals surface area contributed by atoms with Crippen LogP contribution < -0.4 is 5.32 Å². The molecule has 1 aromatic carbocycles. The van der Waals surface area contributed by atoms with Crippen LogP contribution in [0.5, 0.6) is 0 Å². The second-order valence-corrected chi connectivity index (χ2v) is 5.61. The molecule has 3 nitrogen and oxygen atoms in total. The molecule has 0 bridgehead atoms. The summed E-state index contributed by atoms with van der Waals surface area (Å²) < 4.78 is 1.08. The smallest absolute Gasteiger partial charge is 0.108 e. The van der Waals surface area contributed by atoms with E-state index in [1.54, 1.807) is 0 Å². The van der Waals surface area contributed by atoms with Gasteiger partial charge in [0.2, 0.25) is 0 Å². The summed E-state index contributed by atoms with van der Waals surface area (Å²) in [5.74, 6) is 1.75. The molecule has 0 amide bonds. The molecule has 0 aliphatic carbocycles. The summed E-state index contributed by atoms with van der Waals surface area (Å²) in [5, 5.41) is 3.42. The van der Waals surface area contributed by atoms with E-state index in [0.29, 0.717) is 5.92 Å². The summed E-state index contributed by atoms with van der Waals surface area (Å²) >= 11 is 3.46. The molecule has 0 saturated heterocycles. The number of halogens is 1. The molecule has 0 unspecified atom stereocenters. The Kier molecular flexibility index (Phi) is 4.18. The molecule has 1 heterocycles. The van der Waals surface area contributed by atoms with Crippen LogP contribution in [0.4, 0.5) is 0 Å². The molecule has 0 atom stereocenters. The average Bonchev–Trinajstić information content (AvgIpc) is 2.66. The van der Waals surface area contributed by atoms with Gasteiger partial charge in [-0.25, -0.2) is 4.98 Å². The second-order valence-electron chi connectivity index (χ2n) is 4.69. The van der Waals surface area contributed by atoms with Crippen molar-refractivity contribution in [3.8, 4) is 0 Å². The van der Waals surface area contributed by atoms with Gasteiger partial charge in [-0.15, -0.1) is 0 Å². The number of benzene rings is 1. The van der Waals surface area contributed by atoms with Crippen molar-refractivity contribution >= 4 is 27.0 Å². The van der Waals surface area contributed by atoms with E-state index in [1.807, 2.05) is 12.1 Å². The molecule has 0 spiro atoms. The molecule has 0 fully saturated rings. The monoisotopic (exact) mass is 295 g/mol. The van der Waals surface area contributed by atoms with Crippen LogP contribution in [0.3, 0.4) is 0 Å². The molecule has 4 heteroatoms. The van der Waals surface area contributed by atoms with Crippen LogP contribution in [0.25, 0.3) is 11.0 Å². The standard InChI is InChI=1S/C13H18BrN3/c1-9(2)8-15-6-5-13-16-11-4-3-10(14)7-12(11)17-13/h3-4,7,9,15H,5-6,8H2,1-2H3,(H,16,17). The number of nitrogens with zero attached hydrogens (tertiary/aromatic N) is 1. The van der Waals surface area contributed by atoms with Gasteiger partial charge in [-0.1, -0.05) is 29.8 Å². The third kappa shape index (κ3) is 3.54. The summed E-state index contributed by atoms with van der Waals surface area (Å²) in [5.41, 5.74) is 2.13. The fraction of sp³-hybridized carbons (Fsp3) is 0.462. The van der Waals surface area contributed by atoms with Gasteiger partial charge < -0.3 is 10.3 Å². The van der Waals surface area contributed by atoms with Gasteiger partial charge in [0.05, 0.1) is 11.0 Å². The number of rotatable bonds is 5. The van der Waals surface area contributed by atoms with E-state index < -0.39 is 0 Å². The van der Waals surface area contributed by atoms with E-state index in [0.717, 1.165) is 40.8 Å². The Hall–Kier alpha value is -0.870. The van der Waals surface area contributed by atoms with E-state index >= 15 is 0 Å². The Labute approximate surface area is 110 Å². The largest absolute Gasteiger partial charge is 0.342 e. The normalized spacial score (nSPS) is 11.5. The predicted molar refractivity (Wildman–Crippen MR) is 75.2 cm³/mol.